The van der Waals surface area contributed by atoms with Crippen molar-refractivity contribution in [3.8, 4) is 0 Å². The number of amides is 3. The molecule has 0 radical (unpaired) electrons. The van der Waals surface area contributed by atoms with Crippen molar-refractivity contribution in [1.82, 2.24) is 14.0 Å². The predicted octanol–water partition coefficient (Wildman–Crippen LogP) is 3.12. The highest BCUT2D eigenvalue weighted by Gasteiger charge is 2.34. The van der Waals surface area contributed by atoms with Crippen LogP contribution in [0.5, 0.6) is 0 Å². The molecule has 2 aromatic rings. The molecule has 1 aromatic heterocycles. The molecule has 14 heteroatoms. The summed E-state index contributed by atoms with van der Waals surface area (Å²) in [5, 5.41) is 11.2. The second-order valence-electron chi connectivity index (χ2n) is 7.13. The van der Waals surface area contributed by atoms with E-state index in [9.17, 15) is 31.2 Å². The monoisotopic (exact) mass is 487 g/mol. The standard InChI is InChI=1S/C19H20F3N5O5S/c20-19(21,22)13-3-5-14(6-4-13)24-17(28)27(16-2-1-9-23-12-16)15-7-10-26(11-8-15)33(31,32)25-18(29)30/h1-6,9,12,15,25H,7-8,10-11H2,(H,24,28)(H,29,30). The molecule has 178 valence electrons. The molecule has 2 heterocycles. The van der Waals surface area contributed by atoms with Crippen LogP contribution in [0.4, 0.5) is 34.1 Å². The molecule has 10 nitrogen and oxygen atoms in total. The summed E-state index contributed by atoms with van der Waals surface area (Å²) >= 11 is 0. The number of alkyl halides is 3. The Hall–Kier alpha value is -3.39. The number of benzene rings is 1. The summed E-state index contributed by atoms with van der Waals surface area (Å²) in [4.78, 5) is 29.1. The van der Waals surface area contributed by atoms with E-state index in [2.05, 4.69) is 10.3 Å². The van der Waals surface area contributed by atoms with Crippen molar-refractivity contribution in [1.29, 1.82) is 0 Å². The summed E-state index contributed by atoms with van der Waals surface area (Å²) in [5.41, 5.74) is -0.299. The van der Waals surface area contributed by atoms with Gasteiger partial charge in [-0.25, -0.2) is 14.3 Å². The van der Waals surface area contributed by atoms with Gasteiger partial charge in [-0.1, -0.05) is 0 Å². The first kappa shape index (κ1) is 24.3. The van der Waals surface area contributed by atoms with Crippen molar-refractivity contribution >= 4 is 33.7 Å². The first-order valence-corrected chi connectivity index (χ1v) is 11.1. The predicted molar refractivity (Wildman–Crippen MR) is 112 cm³/mol. The van der Waals surface area contributed by atoms with Crippen molar-refractivity contribution in [2.24, 2.45) is 0 Å². The Bertz CT molecular complexity index is 1090. The lowest BCUT2D eigenvalue weighted by Gasteiger charge is -2.37. The van der Waals surface area contributed by atoms with Crippen LogP contribution in [-0.2, 0) is 16.4 Å². The van der Waals surface area contributed by atoms with Crippen molar-refractivity contribution in [2.45, 2.75) is 25.1 Å². The Morgan fingerprint density at radius 1 is 1.12 bits per heavy atom. The van der Waals surface area contributed by atoms with Crippen LogP contribution in [-0.4, -0.2) is 54.1 Å². The third kappa shape index (κ3) is 6.10. The molecule has 0 unspecified atom stereocenters. The zero-order chi connectivity index (χ0) is 24.2. The van der Waals surface area contributed by atoms with E-state index in [1.165, 1.54) is 22.0 Å². The number of rotatable bonds is 5. The van der Waals surface area contributed by atoms with E-state index >= 15 is 0 Å². The number of urea groups is 1. The van der Waals surface area contributed by atoms with Gasteiger partial charge in [0.15, 0.2) is 0 Å². The third-order valence-electron chi connectivity index (χ3n) is 4.95. The van der Waals surface area contributed by atoms with Gasteiger partial charge in [-0.3, -0.25) is 9.88 Å². The van der Waals surface area contributed by atoms with Crippen LogP contribution in [0.25, 0.3) is 0 Å². The lowest BCUT2D eigenvalue weighted by Crippen LogP contribution is -2.52. The average Bonchev–Trinajstić information content (AvgIpc) is 2.74. The van der Waals surface area contributed by atoms with Gasteiger partial charge in [-0.2, -0.15) is 25.9 Å². The number of anilines is 2. The average molecular weight is 487 g/mol. The molecule has 0 saturated carbocycles. The van der Waals surface area contributed by atoms with Gasteiger partial charge < -0.3 is 10.4 Å². The second-order valence-corrected chi connectivity index (χ2v) is 8.80. The molecule has 3 N–H and O–H groups in total. The zero-order valence-electron chi connectivity index (χ0n) is 17.0. The number of carboxylic acid groups (broad SMARTS) is 1. The smallest absolute Gasteiger partial charge is 0.419 e. The molecule has 1 fully saturated rings. The summed E-state index contributed by atoms with van der Waals surface area (Å²) < 4.78 is 64.9. The summed E-state index contributed by atoms with van der Waals surface area (Å²) in [6, 6.07) is 6.08. The van der Waals surface area contributed by atoms with Gasteiger partial charge in [0.2, 0.25) is 0 Å². The van der Waals surface area contributed by atoms with Crippen molar-refractivity contribution in [2.75, 3.05) is 23.3 Å². The fraction of sp³-hybridized carbons (Fsp3) is 0.316. The van der Waals surface area contributed by atoms with Gasteiger partial charge in [0, 0.05) is 31.0 Å². The number of carbonyl (C=O) groups excluding carboxylic acids is 1. The Morgan fingerprint density at radius 3 is 2.27 bits per heavy atom. The van der Waals surface area contributed by atoms with Crippen LogP contribution in [0.15, 0.2) is 48.8 Å². The minimum absolute atomic E-state index is 0.0440. The number of piperidine rings is 1. The lowest BCUT2D eigenvalue weighted by atomic mass is 10.0. The highest BCUT2D eigenvalue weighted by atomic mass is 32.2. The Labute approximate surface area is 187 Å². The van der Waals surface area contributed by atoms with Gasteiger partial charge in [-0.05, 0) is 49.2 Å². The molecule has 3 rings (SSSR count). The SMILES string of the molecule is O=C(O)NS(=O)(=O)N1CCC(N(C(=O)Nc2ccc(C(F)(F)F)cc2)c2cccnc2)CC1. The maximum Gasteiger partial charge on any atom is 0.419 e. The molecule has 0 spiro atoms. The molecule has 33 heavy (non-hydrogen) atoms. The maximum absolute atomic E-state index is 13.1. The van der Waals surface area contributed by atoms with Gasteiger partial charge in [0.05, 0.1) is 17.4 Å². The minimum atomic E-state index is -4.51. The highest BCUT2D eigenvalue weighted by molar-refractivity contribution is 7.87. The summed E-state index contributed by atoms with van der Waals surface area (Å²) in [6.07, 6.45) is -2.89. The number of nitrogens with one attached hydrogen (secondary N) is 2. The Morgan fingerprint density at radius 2 is 1.76 bits per heavy atom. The van der Waals surface area contributed by atoms with E-state index in [0.29, 0.717) is 5.69 Å². The molecular weight excluding hydrogens is 467 g/mol. The van der Waals surface area contributed by atoms with Crippen molar-refractivity contribution in [3.05, 3.63) is 54.4 Å². The Kier molecular flexibility index (Phi) is 7.07. The van der Waals surface area contributed by atoms with Crippen LogP contribution in [0.1, 0.15) is 18.4 Å². The van der Waals surface area contributed by atoms with E-state index in [0.717, 1.165) is 28.6 Å². The largest absolute Gasteiger partial charge is 0.464 e. The molecule has 3 amide bonds. The van der Waals surface area contributed by atoms with Gasteiger partial charge in [0.1, 0.15) is 0 Å². The first-order chi connectivity index (χ1) is 15.5. The van der Waals surface area contributed by atoms with Gasteiger partial charge in [0.25, 0.3) is 0 Å². The lowest BCUT2D eigenvalue weighted by molar-refractivity contribution is -0.137. The topological polar surface area (TPSA) is 132 Å². The van der Waals surface area contributed by atoms with Crippen molar-refractivity contribution in [3.63, 3.8) is 0 Å². The van der Waals surface area contributed by atoms with Crippen LogP contribution >= 0.6 is 0 Å². The third-order valence-corrected chi connectivity index (χ3v) is 6.43. The summed E-state index contributed by atoms with van der Waals surface area (Å²) in [6.45, 7) is -0.0881. The summed E-state index contributed by atoms with van der Waals surface area (Å²) in [5.74, 6) is 0. The molecule has 1 aromatic carbocycles. The van der Waals surface area contributed by atoms with E-state index in [1.807, 2.05) is 0 Å². The number of hydrogen-bond acceptors (Lipinski definition) is 5. The fourth-order valence-corrected chi connectivity index (χ4v) is 4.47. The number of nitrogens with zero attached hydrogens (tertiary/aromatic N) is 3. The van der Waals surface area contributed by atoms with Crippen LogP contribution in [0, 0.1) is 0 Å². The van der Waals surface area contributed by atoms with E-state index in [-0.39, 0.29) is 31.6 Å². The number of carbonyl (C=O) groups is 2. The molecule has 1 aliphatic heterocycles. The molecule has 0 atom stereocenters. The molecule has 0 bridgehead atoms. The first-order valence-electron chi connectivity index (χ1n) is 9.65. The number of pyridine rings is 1. The fourth-order valence-electron chi connectivity index (χ4n) is 3.43. The summed E-state index contributed by atoms with van der Waals surface area (Å²) in [7, 11) is -4.22. The van der Waals surface area contributed by atoms with Crippen LogP contribution < -0.4 is 14.9 Å². The number of hydrogen-bond donors (Lipinski definition) is 3. The van der Waals surface area contributed by atoms with Crippen LogP contribution in [0.2, 0.25) is 0 Å². The highest BCUT2D eigenvalue weighted by Crippen LogP contribution is 2.30. The number of aromatic nitrogens is 1. The van der Waals surface area contributed by atoms with Gasteiger partial charge in [-0.15, -0.1) is 0 Å². The van der Waals surface area contributed by atoms with Crippen LogP contribution in [0.3, 0.4) is 0 Å². The van der Waals surface area contributed by atoms with E-state index in [4.69, 9.17) is 5.11 Å². The Balaban J connectivity index is 1.76. The minimum Gasteiger partial charge on any atom is -0.464 e. The van der Waals surface area contributed by atoms with E-state index in [1.54, 1.807) is 12.1 Å². The molecule has 1 saturated heterocycles. The maximum atomic E-state index is 13.1. The van der Waals surface area contributed by atoms with Gasteiger partial charge >= 0.3 is 28.5 Å². The number of halogens is 3. The normalized spacial score (nSPS) is 15.6. The van der Waals surface area contributed by atoms with E-state index < -0.39 is 40.1 Å². The van der Waals surface area contributed by atoms with Crippen molar-refractivity contribution < 1.29 is 36.3 Å². The second kappa shape index (κ2) is 9.62. The molecule has 0 aliphatic carbocycles. The quantitative estimate of drug-likeness (QED) is 0.594. The molecule has 1 aliphatic rings. The molecular formula is C19H20F3N5O5S. The zero-order valence-corrected chi connectivity index (χ0v) is 17.8.